The molecular formula is C19H16ClFN2. The Morgan fingerprint density at radius 3 is 2.57 bits per heavy atom. The van der Waals surface area contributed by atoms with Gasteiger partial charge in [-0.25, -0.2) is 4.39 Å². The first-order chi connectivity index (χ1) is 11.2. The third-order valence-electron chi connectivity index (χ3n) is 4.04. The van der Waals surface area contributed by atoms with Crippen LogP contribution in [0.5, 0.6) is 0 Å². The lowest BCUT2D eigenvalue weighted by Gasteiger charge is -2.17. The van der Waals surface area contributed by atoms with E-state index in [4.69, 9.17) is 11.6 Å². The number of anilines is 1. The van der Waals surface area contributed by atoms with Crippen LogP contribution in [0.4, 0.5) is 10.1 Å². The number of nitriles is 1. The molecule has 0 aliphatic carbocycles. The maximum Gasteiger partial charge on any atom is 0.132 e. The summed E-state index contributed by atoms with van der Waals surface area (Å²) in [5.74, 6) is -0.325. The number of rotatable bonds is 3. The largest absolute Gasteiger partial charge is 0.371 e. The van der Waals surface area contributed by atoms with E-state index >= 15 is 0 Å². The Hall–Kier alpha value is -2.31. The molecule has 0 spiro atoms. The van der Waals surface area contributed by atoms with Gasteiger partial charge in [-0.2, -0.15) is 5.26 Å². The van der Waals surface area contributed by atoms with Crippen LogP contribution in [-0.4, -0.2) is 13.1 Å². The Labute approximate surface area is 140 Å². The minimum Gasteiger partial charge on any atom is -0.371 e. The van der Waals surface area contributed by atoms with Crippen LogP contribution in [0.15, 0.2) is 42.5 Å². The molecule has 2 aromatic rings. The summed E-state index contributed by atoms with van der Waals surface area (Å²) in [6.07, 6.45) is 3.84. The smallest absolute Gasteiger partial charge is 0.132 e. The zero-order chi connectivity index (χ0) is 16.2. The third kappa shape index (κ3) is 3.38. The summed E-state index contributed by atoms with van der Waals surface area (Å²) in [5.41, 5.74) is 2.25. The molecule has 1 aliphatic rings. The second-order valence-corrected chi connectivity index (χ2v) is 5.96. The van der Waals surface area contributed by atoms with Crippen molar-refractivity contribution < 1.29 is 4.39 Å². The normalized spacial score (nSPS) is 14.8. The van der Waals surface area contributed by atoms with Crippen molar-refractivity contribution in [2.45, 2.75) is 12.8 Å². The van der Waals surface area contributed by atoms with Crippen molar-refractivity contribution >= 4 is 28.9 Å². The van der Waals surface area contributed by atoms with Gasteiger partial charge < -0.3 is 4.90 Å². The van der Waals surface area contributed by atoms with Crippen LogP contribution in [0.2, 0.25) is 5.02 Å². The molecule has 0 aromatic heterocycles. The van der Waals surface area contributed by atoms with E-state index in [1.54, 1.807) is 42.5 Å². The lowest BCUT2D eigenvalue weighted by atomic mass is 10.0. The van der Waals surface area contributed by atoms with Gasteiger partial charge in [0.05, 0.1) is 11.6 Å². The minimum absolute atomic E-state index is 0.325. The second kappa shape index (κ2) is 6.85. The van der Waals surface area contributed by atoms with E-state index in [-0.39, 0.29) is 5.82 Å². The summed E-state index contributed by atoms with van der Waals surface area (Å²) >= 11 is 6.12. The first kappa shape index (κ1) is 15.6. The molecule has 0 atom stereocenters. The molecule has 2 nitrogen and oxygen atoms in total. The summed E-state index contributed by atoms with van der Waals surface area (Å²) in [7, 11) is 0. The van der Waals surface area contributed by atoms with Crippen LogP contribution >= 0.6 is 11.6 Å². The molecule has 2 aromatic carbocycles. The molecule has 0 N–H and O–H groups in total. The summed E-state index contributed by atoms with van der Waals surface area (Å²) in [6.45, 7) is 1.94. The van der Waals surface area contributed by atoms with Gasteiger partial charge in [0.15, 0.2) is 0 Å². The Balaban J connectivity index is 1.94. The maximum absolute atomic E-state index is 14.4. The van der Waals surface area contributed by atoms with E-state index in [2.05, 4.69) is 11.0 Å². The van der Waals surface area contributed by atoms with Crippen molar-refractivity contribution in [2.75, 3.05) is 18.0 Å². The highest BCUT2D eigenvalue weighted by Gasteiger charge is 2.14. The predicted octanol–water partition coefficient (Wildman–Crippen LogP) is 5.14. The van der Waals surface area contributed by atoms with Gasteiger partial charge in [0, 0.05) is 34.9 Å². The van der Waals surface area contributed by atoms with Crippen LogP contribution in [-0.2, 0) is 0 Å². The highest BCUT2D eigenvalue weighted by Crippen LogP contribution is 2.28. The second-order valence-electron chi connectivity index (χ2n) is 5.55. The van der Waals surface area contributed by atoms with Crippen molar-refractivity contribution in [3.8, 4) is 6.07 Å². The Kier molecular flexibility index (Phi) is 4.64. The Morgan fingerprint density at radius 1 is 1.17 bits per heavy atom. The van der Waals surface area contributed by atoms with Crippen LogP contribution in [0.25, 0.3) is 11.6 Å². The predicted molar refractivity (Wildman–Crippen MR) is 92.8 cm³/mol. The van der Waals surface area contributed by atoms with Crippen molar-refractivity contribution in [2.24, 2.45) is 0 Å². The number of nitrogens with zero attached hydrogens (tertiary/aromatic N) is 2. The van der Waals surface area contributed by atoms with Gasteiger partial charge in [0.1, 0.15) is 5.82 Å². The van der Waals surface area contributed by atoms with Crippen molar-refractivity contribution in [1.29, 1.82) is 5.26 Å². The summed E-state index contributed by atoms with van der Waals surface area (Å²) in [6, 6.07) is 14.3. The molecule has 1 saturated heterocycles. The number of hydrogen-bond donors (Lipinski definition) is 0. The summed E-state index contributed by atoms with van der Waals surface area (Å²) < 4.78 is 14.4. The van der Waals surface area contributed by atoms with Gasteiger partial charge in [-0.1, -0.05) is 29.8 Å². The molecule has 23 heavy (non-hydrogen) atoms. The van der Waals surface area contributed by atoms with Gasteiger partial charge >= 0.3 is 0 Å². The van der Waals surface area contributed by atoms with Crippen LogP contribution < -0.4 is 4.90 Å². The van der Waals surface area contributed by atoms with Gasteiger partial charge in [-0.15, -0.1) is 0 Å². The highest BCUT2D eigenvalue weighted by atomic mass is 35.5. The fraction of sp³-hybridized carbons (Fsp3) is 0.211. The molecule has 116 valence electrons. The molecule has 3 rings (SSSR count). The quantitative estimate of drug-likeness (QED) is 0.576. The standard InChI is InChI=1S/C19H16ClFN2/c20-18-6-2-1-5-17(18)15(13-22)11-14-7-8-16(12-19(14)21)23-9-3-4-10-23/h1-2,5-8,11-12H,3-4,9-10H2. The number of benzene rings is 2. The lowest BCUT2D eigenvalue weighted by Crippen LogP contribution is -2.17. The van der Waals surface area contributed by atoms with Gasteiger partial charge in [-0.05, 0) is 43.2 Å². The summed E-state index contributed by atoms with van der Waals surface area (Å²) in [5, 5.41) is 9.86. The van der Waals surface area contributed by atoms with E-state index in [9.17, 15) is 9.65 Å². The zero-order valence-corrected chi connectivity index (χ0v) is 13.4. The fourth-order valence-electron chi connectivity index (χ4n) is 2.81. The molecule has 1 aliphatic heterocycles. The average molecular weight is 327 g/mol. The number of halogens is 2. The topological polar surface area (TPSA) is 27.0 Å². The monoisotopic (exact) mass is 326 g/mol. The van der Waals surface area contributed by atoms with Gasteiger partial charge in [0.25, 0.3) is 0 Å². The first-order valence-corrected chi connectivity index (χ1v) is 7.98. The fourth-order valence-corrected chi connectivity index (χ4v) is 3.05. The van der Waals surface area contributed by atoms with Crippen molar-refractivity contribution in [1.82, 2.24) is 0 Å². The van der Waals surface area contributed by atoms with Gasteiger partial charge in [-0.3, -0.25) is 0 Å². The molecule has 0 amide bonds. The third-order valence-corrected chi connectivity index (χ3v) is 4.37. The molecule has 0 saturated carbocycles. The molecule has 0 unspecified atom stereocenters. The molecule has 1 heterocycles. The van der Waals surface area contributed by atoms with Crippen LogP contribution in [0, 0.1) is 17.1 Å². The maximum atomic E-state index is 14.4. The number of hydrogen-bond acceptors (Lipinski definition) is 2. The highest BCUT2D eigenvalue weighted by molar-refractivity contribution is 6.32. The molecule has 0 radical (unpaired) electrons. The lowest BCUT2D eigenvalue weighted by molar-refractivity contribution is 0.624. The molecule has 4 heteroatoms. The van der Waals surface area contributed by atoms with Crippen molar-refractivity contribution in [3.05, 3.63) is 64.4 Å². The molecular weight excluding hydrogens is 311 g/mol. The molecule has 0 bridgehead atoms. The van der Waals surface area contributed by atoms with Crippen LogP contribution in [0.3, 0.4) is 0 Å². The van der Waals surface area contributed by atoms with E-state index in [1.165, 1.54) is 0 Å². The Morgan fingerprint density at radius 2 is 1.91 bits per heavy atom. The van der Waals surface area contributed by atoms with E-state index < -0.39 is 0 Å². The first-order valence-electron chi connectivity index (χ1n) is 7.60. The number of allylic oxidation sites excluding steroid dienone is 1. The van der Waals surface area contributed by atoms with Crippen molar-refractivity contribution in [3.63, 3.8) is 0 Å². The minimum atomic E-state index is -0.325. The summed E-state index contributed by atoms with van der Waals surface area (Å²) in [4.78, 5) is 2.18. The van der Waals surface area contributed by atoms with E-state index in [0.29, 0.717) is 21.7 Å². The van der Waals surface area contributed by atoms with Gasteiger partial charge in [0.2, 0.25) is 0 Å². The molecule has 1 fully saturated rings. The van der Waals surface area contributed by atoms with Crippen LogP contribution in [0.1, 0.15) is 24.0 Å². The SMILES string of the molecule is N#CC(=Cc1ccc(N2CCCC2)cc1F)c1ccccc1Cl. The van der Waals surface area contributed by atoms with E-state index in [0.717, 1.165) is 31.6 Å². The Bertz CT molecular complexity index is 786. The van der Waals surface area contributed by atoms with E-state index in [1.807, 2.05) is 6.07 Å². The average Bonchev–Trinajstić information content (AvgIpc) is 3.09. The zero-order valence-electron chi connectivity index (χ0n) is 12.6.